The van der Waals surface area contributed by atoms with E-state index in [1.54, 1.807) is 0 Å². The first-order valence-electron chi connectivity index (χ1n) is 3.42. The molecule has 10 heavy (non-hydrogen) atoms. The van der Waals surface area contributed by atoms with Crippen molar-refractivity contribution >= 4 is 5.97 Å². The van der Waals surface area contributed by atoms with Gasteiger partial charge in [-0.1, -0.05) is 19.9 Å². The van der Waals surface area contributed by atoms with Gasteiger partial charge in [0.15, 0.2) is 0 Å². The number of rotatable bonds is 0. The Labute approximate surface area is 60.9 Å². The fourth-order valence-corrected chi connectivity index (χ4v) is 0.784. The topological polar surface area (TPSA) is 26.3 Å². The summed E-state index contributed by atoms with van der Waals surface area (Å²) in [5.41, 5.74) is -0.00604. The van der Waals surface area contributed by atoms with Gasteiger partial charge in [0.2, 0.25) is 0 Å². The lowest BCUT2D eigenvalue weighted by Crippen LogP contribution is -2.32. The zero-order chi connectivity index (χ0) is 7.78. The third kappa shape index (κ3) is 1.20. The van der Waals surface area contributed by atoms with Crippen molar-refractivity contribution in [3.05, 3.63) is 12.2 Å². The lowest BCUT2D eigenvalue weighted by Gasteiger charge is -2.30. The molecule has 0 saturated heterocycles. The molecule has 0 radical (unpaired) electrons. The molecule has 2 nitrogen and oxygen atoms in total. The predicted octanol–water partition coefficient (Wildman–Crippen LogP) is 1.51. The normalized spacial score (nSPS) is 29.9. The fourth-order valence-electron chi connectivity index (χ4n) is 0.784. The molecular formula is C8H12O2. The van der Waals surface area contributed by atoms with Crippen molar-refractivity contribution in [2.24, 2.45) is 5.41 Å². The van der Waals surface area contributed by atoms with Gasteiger partial charge in [0.05, 0.1) is 0 Å². The molecule has 0 fully saturated rings. The maximum absolute atomic E-state index is 10.7. The van der Waals surface area contributed by atoms with Crippen LogP contribution >= 0.6 is 0 Å². The highest BCUT2D eigenvalue weighted by Gasteiger charge is 2.29. The molecule has 1 heterocycles. The number of ether oxygens (including phenoxy) is 1. The molecule has 0 spiro atoms. The Kier molecular flexibility index (Phi) is 1.55. The van der Waals surface area contributed by atoms with Gasteiger partial charge in [0.1, 0.15) is 6.10 Å². The molecule has 1 rings (SSSR count). The Morgan fingerprint density at radius 1 is 1.60 bits per heavy atom. The van der Waals surface area contributed by atoms with Crippen LogP contribution in [0.4, 0.5) is 0 Å². The minimum atomic E-state index is -0.230. The van der Waals surface area contributed by atoms with Crippen LogP contribution in [0.15, 0.2) is 12.2 Å². The summed E-state index contributed by atoms with van der Waals surface area (Å²) in [5.74, 6) is -0.230. The summed E-state index contributed by atoms with van der Waals surface area (Å²) >= 11 is 0. The number of carbonyl (C=O) groups is 1. The van der Waals surface area contributed by atoms with E-state index in [4.69, 9.17) is 4.74 Å². The number of hydrogen-bond acceptors (Lipinski definition) is 2. The quantitative estimate of drug-likeness (QED) is 0.477. The van der Waals surface area contributed by atoms with Crippen molar-refractivity contribution in [2.45, 2.75) is 26.9 Å². The van der Waals surface area contributed by atoms with E-state index in [2.05, 4.69) is 0 Å². The number of carbonyl (C=O) groups excluding carboxylic acids is 1. The Hall–Kier alpha value is -0.790. The maximum Gasteiger partial charge on any atom is 0.330 e. The molecule has 0 bridgehead atoms. The Balaban J connectivity index is 2.82. The number of hydrogen-bond donors (Lipinski definition) is 0. The molecule has 0 aromatic heterocycles. The van der Waals surface area contributed by atoms with Crippen LogP contribution in [0.25, 0.3) is 0 Å². The SMILES string of the molecule is CC1OC(=O)C=CC1(C)C. The van der Waals surface area contributed by atoms with Crippen LogP contribution in [0.3, 0.4) is 0 Å². The van der Waals surface area contributed by atoms with Crippen LogP contribution in [0, 0.1) is 5.41 Å². The lowest BCUT2D eigenvalue weighted by atomic mass is 9.86. The summed E-state index contributed by atoms with van der Waals surface area (Å²) in [7, 11) is 0. The van der Waals surface area contributed by atoms with E-state index in [9.17, 15) is 4.79 Å². The largest absolute Gasteiger partial charge is 0.459 e. The third-order valence-electron chi connectivity index (χ3n) is 1.99. The molecule has 0 amide bonds. The van der Waals surface area contributed by atoms with Crippen LogP contribution in [0.5, 0.6) is 0 Å². The van der Waals surface area contributed by atoms with Gasteiger partial charge >= 0.3 is 5.97 Å². The highest BCUT2D eigenvalue weighted by atomic mass is 16.5. The second kappa shape index (κ2) is 2.11. The minimum absolute atomic E-state index is 0.00604. The van der Waals surface area contributed by atoms with Gasteiger partial charge in [-0.15, -0.1) is 0 Å². The standard InChI is InChI=1S/C8H12O2/c1-6-8(2,3)5-4-7(9)10-6/h4-6H,1-3H3. The van der Waals surface area contributed by atoms with E-state index >= 15 is 0 Å². The van der Waals surface area contributed by atoms with E-state index in [0.29, 0.717) is 0 Å². The maximum atomic E-state index is 10.7. The predicted molar refractivity (Wildman–Crippen MR) is 38.5 cm³/mol. The average Bonchev–Trinajstić information content (AvgIpc) is 1.81. The molecular weight excluding hydrogens is 128 g/mol. The molecule has 0 aromatic rings. The smallest absolute Gasteiger partial charge is 0.330 e. The van der Waals surface area contributed by atoms with Crippen molar-refractivity contribution in [3.63, 3.8) is 0 Å². The first kappa shape index (κ1) is 7.32. The van der Waals surface area contributed by atoms with E-state index in [-0.39, 0.29) is 17.5 Å². The zero-order valence-electron chi connectivity index (χ0n) is 6.55. The van der Waals surface area contributed by atoms with Crippen molar-refractivity contribution < 1.29 is 9.53 Å². The van der Waals surface area contributed by atoms with Gasteiger partial charge < -0.3 is 4.74 Å². The Morgan fingerprint density at radius 3 is 2.60 bits per heavy atom. The second-order valence-electron chi connectivity index (χ2n) is 3.23. The summed E-state index contributed by atoms with van der Waals surface area (Å²) in [6.07, 6.45) is 3.37. The summed E-state index contributed by atoms with van der Waals surface area (Å²) in [6.45, 7) is 5.99. The molecule has 0 aliphatic carbocycles. The Bertz CT molecular complexity index is 180. The van der Waals surface area contributed by atoms with Gasteiger partial charge in [0, 0.05) is 11.5 Å². The summed E-state index contributed by atoms with van der Waals surface area (Å²) < 4.78 is 4.98. The Morgan fingerprint density at radius 2 is 2.20 bits per heavy atom. The molecule has 1 aliphatic heterocycles. The van der Waals surface area contributed by atoms with E-state index in [1.165, 1.54) is 6.08 Å². The first-order chi connectivity index (χ1) is 4.52. The summed E-state index contributed by atoms with van der Waals surface area (Å²) in [4.78, 5) is 10.7. The van der Waals surface area contributed by atoms with Gasteiger partial charge in [-0.3, -0.25) is 0 Å². The monoisotopic (exact) mass is 140 g/mol. The molecule has 0 N–H and O–H groups in total. The van der Waals surface area contributed by atoms with Crippen LogP contribution in [0.1, 0.15) is 20.8 Å². The molecule has 56 valence electrons. The van der Waals surface area contributed by atoms with E-state index < -0.39 is 0 Å². The highest BCUT2D eigenvalue weighted by Crippen LogP contribution is 2.27. The van der Waals surface area contributed by atoms with Crippen molar-refractivity contribution in [1.29, 1.82) is 0 Å². The van der Waals surface area contributed by atoms with E-state index in [0.717, 1.165) is 0 Å². The molecule has 1 aliphatic rings. The van der Waals surface area contributed by atoms with Gasteiger partial charge in [0.25, 0.3) is 0 Å². The third-order valence-corrected chi connectivity index (χ3v) is 1.99. The number of esters is 1. The molecule has 2 heteroatoms. The molecule has 1 unspecified atom stereocenters. The van der Waals surface area contributed by atoms with Crippen LogP contribution in [-0.4, -0.2) is 12.1 Å². The average molecular weight is 140 g/mol. The van der Waals surface area contributed by atoms with Crippen molar-refractivity contribution in [3.8, 4) is 0 Å². The summed E-state index contributed by atoms with van der Waals surface area (Å²) in [6, 6.07) is 0. The fraction of sp³-hybridized carbons (Fsp3) is 0.625. The second-order valence-corrected chi connectivity index (χ2v) is 3.23. The zero-order valence-corrected chi connectivity index (χ0v) is 6.55. The van der Waals surface area contributed by atoms with Crippen molar-refractivity contribution in [1.82, 2.24) is 0 Å². The summed E-state index contributed by atoms with van der Waals surface area (Å²) in [5, 5.41) is 0. The molecule has 0 saturated carbocycles. The molecule has 0 aromatic carbocycles. The van der Waals surface area contributed by atoms with Gasteiger partial charge in [-0.05, 0) is 6.92 Å². The first-order valence-corrected chi connectivity index (χ1v) is 3.42. The minimum Gasteiger partial charge on any atom is -0.459 e. The van der Waals surface area contributed by atoms with Gasteiger partial charge in [-0.2, -0.15) is 0 Å². The van der Waals surface area contributed by atoms with E-state index in [1.807, 2.05) is 26.8 Å². The lowest BCUT2D eigenvalue weighted by molar-refractivity contribution is -0.148. The van der Waals surface area contributed by atoms with Gasteiger partial charge in [-0.25, -0.2) is 4.79 Å². The number of cyclic esters (lactones) is 1. The van der Waals surface area contributed by atoms with Crippen LogP contribution < -0.4 is 0 Å². The van der Waals surface area contributed by atoms with Crippen LogP contribution in [0.2, 0.25) is 0 Å². The highest BCUT2D eigenvalue weighted by molar-refractivity contribution is 5.83. The van der Waals surface area contributed by atoms with Crippen molar-refractivity contribution in [2.75, 3.05) is 0 Å². The van der Waals surface area contributed by atoms with Crippen LogP contribution in [-0.2, 0) is 9.53 Å². The molecule has 1 atom stereocenters.